The van der Waals surface area contributed by atoms with Crippen molar-refractivity contribution in [2.45, 2.75) is 6.04 Å². The summed E-state index contributed by atoms with van der Waals surface area (Å²) in [7, 11) is 1.72. The molecule has 0 bridgehead atoms. The zero-order valence-electron chi connectivity index (χ0n) is 11.1. The molecule has 2 amide bonds. The van der Waals surface area contributed by atoms with E-state index in [-0.39, 0.29) is 11.9 Å². The van der Waals surface area contributed by atoms with Gasteiger partial charge in [0.25, 0.3) is 5.91 Å². The van der Waals surface area contributed by atoms with E-state index >= 15 is 0 Å². The van der Waals surface area contributed by atoms with E-state index < -0.39 is 6.09 Å². The molecule has 1 unspecified atom stereocenters. The van der Waals surface area contributed by atoms with Crippen molar-refractivity contribution < 1.29 is 14.3 Å². The number of nitrogens with zero attached hydrogens (tertiary/aromatic N) is 2. The first-order chi connectivity index (χ1) is 9.58. The molecule has 1 aromatic carbocycles. The van der Waals surface area contributed by atoms with Crippen molar-refractivity contribution in [1.29, 1.82) is 0 Å². The molecule has 0 radical (unpaired) electrons. The molecule has 7 heteroatoms. The smallest absolute Gasteiger partial charge is 0.409 e. The Balaban J connectivity index is 2.02. The lowest BCUT2D eigenvalue weighted by Gasteiger charge is -2.44. The summed E-state index contributed by atoms with van der Waals surface area (Å²) >= 11 is 0. The monoisotopic (exact) mass is 276 g/mol. The van der Waals surface area contributed by atoms with E-state index in [1.54, 1.807) is 24.1 Å². The molecule has 2 heterocycles. The molecule has 0 aliphatic carbocycles. The number of anilines is 2. The Labute approximate surface area is 116 Å². The van der Waals surface area contributed by atoms with E-state index in [0.29, 0.717) is 12.3 Å². The van der Waals surface area contributed by atoms with Crippen LogP contribution in [0.25, 0.3) is 0 Å². The predicted octanol–water partition coefficient (Wildman–Crippen LogP) is -0.101. The highest BCUT2D eigenvalue weighted by atomic mass is 16.5. The zero-order valence-corrected chi connectivity index (χ0v) is 11.1. The Morgan fingerprint density at radius 3 is 3.00 bits per heavy atom. The molecule has 0 saturated carbocycles. The van der Waals surface area contributed by atoms with Crippen molar-refractivity contribution >= 4 is 23.4 Å². The largest absolute Gasteiger partial charge is 0.410 e. The highest BCUT2D eigenvalue weighted by Crippen LogP contribution is 2.38. The van der Waals surface area contributed by atoms with Gasteiger partial charge in [0, 0.05) is 32.7 Å². The van der Waals surface area contributed by atoms with Gasteiger partial charge in [-0.3, -0.25) is 4.79 Å². The number of hydrogen-bond donors (Lipinski definition) is 2. The minimum atomic E-state index is -0.866. The van der Waals surface area contributed by atoms with Gasteiger partial charge >= 0.3 is 6.09 Å². The van der Waals surface area contributed by atoms with Gasteiger partial charge in [-0.05, 0) is 12.1 Å². The number of nitrogens with one attached hydrogen (secondary N) is 1. The first-order valence-electron chi connectivity index (χ1n) is 6.44. The van der Waals surface area contributed by atoms with Gasteiger partial charge in [-0.1, -0.05) is 0 Å². The average Bonchev–Trinajstić information content (AvgIpc) is 2.44. The normalized spacial score (nSPS) is 21.2. The number of fused-ring (bicyclic) bond motifs is 3. The Kier molecular flexibility index (Phi) is 2.98. The van der Waals surface area contributed by atoms with Gasteiger partial charge < -0.3 is 25.6 Å². The number of rotatable bonds is 1. The molecular weight excluding hydrogens is 260 g/mol. The Bertz CT molecular complexity index is 575. The molecule has 106 valence electrons. The predicted molar refractivity (Wildman–Crippen MR) is 74.1 cm³/mol. The summed E-state index contributed by atoms with van der Waals surface area (Å²) in [6.07, 6.45) is -0.866. The summed E-state index contributed by atoms with van der Waals surface area (Å²) in [6.45, 7) is 2.25. The van der Waals surface area contributed by atoms with E-state index in [1.807, 2.05) is 6.07 Å². The average molecular weight is 276 g/mol. The fourth-order valence-corrected chi connectivity index (χ4v) is 2.75. The molecule has 7 nitrogen and oxygen atoms in total. The van der Waals surface area contributed by atoms with Crippen LogP contribution in [0.1, 0.15) is 0 Å². The van der Waals surface area contributed by atoms with Gasteiger partial charge in [-0.2, -0.15) is 0 Å². The quantitative estimate of drug-likeness (QED) is 0.748. The molecular formula is C13H16N4O3. The Morgan fingerprint density at radius 2 is 2.25 bits per heavy atom. The Hall–Kier alpha value is -2.28. The Morgan fingerprint density at radius 1 is 1.45 bits per heavy atom. The van der Waals surface area contributed by atoms with Gasteiger partial charge in [0.15, 0.2) is 0 Å². The van der Waals surface area contributed by atoms with Crippen molar-refractivity contribution in [2.24, 2.45) is 5.73 Å². The van der Waals surface area contributed by atoms with Crippen LogP contribution in [0.2, 0.25) is 0 Å². The molecule has 1 saturated heterocycles. The number of carbonyl (C=O) groups is 2. The molecule has 1 atom stereocenters. The van der Waals surface area contributed by atoms with E-state index in [4.69, 9.17) is 10.5 Å². The topological polar surface area (TPSA) is 87.9 Å². The van der Waals surface area contributed by atoms with Crippen molar-refractivity contribution in [3.05, 3.63) is 18.2 Å². The maximum atomic E-state index is 12.4. The molecule has 2 aliphatic rings. The van der Waals surface area contributed by atoms with Crippen LogP contribution in [0, 0.1) is 0 Å². The number of amides is 2. The highest BCUT2D eigenvalue weighted by molar-refractivity contribution is 6.05. The standard InChI is InChI=1S/C13H16N4O3/c1-16-10-6-8(20-13(14)19)2-3-9(10)17-5-4-15-7-11(17)12(16)18/h2-3,6,11,15H,4-5,7H2,1H3,(H2,14,19). The van der Waals surface area contributed by atoms with E-state index in [1.165, 1.54) is 0 Å². The van der Waals surface area contributed by atoms with E-state index in [2.05, 4.69) is 10.2 Å². The number of ether oxygens (including phenoxy) is 1. The van der Waals surface area contributed by atoms with Crippen LogP contribution in [-0.2, 0) is 4.79 Å². The van der Waals surface area contributed by atoms with Gasteiger partial charge in [0.1, 0.15) is 11.8 Å². The van der Waals surface area contributed by atoms with Gasteiger partial charge in [0.2, 0.25) is 0 Å². The van der Waals surface area contributed by atoms with Crippen LogP contribution in [0.15, 0.2) is 18.2 Å². The molecule has 3 N–H and O–H groups in total. The summed E-state index contributed by atoms with van der Waals surface area (Å²) in [6, 6.07) is 5.03. The third kappa shape index (κ3) is 1.96. The van der Waals surface area contributed by atoms with Crippen LogP contribution < -0.4 is 25.6 Å². The number of carbonyl (C=O) groups excluding carboxylic acids is 2. The van der Waals surface area contributed by atoms with Gasteiger partial charge in [-0.15, -0.1) is 0 Å². The van der Waals surface area contributed by atoms with Gasteiger partial charge in [-0.25, -0.2) is 4.79 Å². The number of likely N-dealkylation sites (N-methyl/N-ethyl adjacent to an activating group) is 1. The second-order valence-electron chi connectivity index (χ2n) is 4.88. The minimum Gasteiger partial charge on any atom is -0.410 e. The molecule has 0 spiro atoms. The van der Waals surface area contributed by atoms with E-state index in [0.717, 1.165) is 24.5 Å². The maximum absolute atomic E-state index is 12.4. The summed E-state index contributed by atoms with van der Waals surface area (Å²) in [5, 5.41) is 3.23. The first kappa shape index (κ1) is 12.7. The summed E-state index contributed by atoms with van der Waals surface area (Å²) in [5.74, 6) is 0.366. The van der Waals surface area contributed by atoms with Crippen molar-refractivity contribution in [3.8, 4) is 5.75 Å². The summed E-state index contributed by atoms with van der Waals surface area (Å²) < 4.78 is 4.87. The molecule has 1 fully saturated rings. The number of hydrogen-bond acceptors (Lipinski definition) is 5. The number of benzene rings is 1. The van der Waals surface area contributed by atoms with Crippen LogP contribution in [-0.4, -0.2) is 44.7 Å². The van der Waals surface area contributed by atoms with Gasteiger partial charge in [0.05, 0.1) is 11.4 Å². The van der Waals surface area contributed by atoms with Crippen LogP contribution in [0.3, 0.4) is 0 Å². The minimum absolute atomic E-state index is 0.0286. The second kappa shape index (κ2) is 4.68. The second-order valence-corrected chi connectivity index (χ2v) is 4.88. The lowest BCUT2D eigenvalue weighted by molar-refractivity contribution is -0.120. The zero-order chi connectivity index (χ0) is 14.3. The number of primary amides is 1. The highest BCUT2D eigenvalue weighted by Gasteiger charge is 2.37. The van der Waals surface area contributed by atoms with E-state index in [9.17, 15) is 9.59 Å². The van der Waals surface area contributed by atoms with Crippen LogP contribution in [0.4, 0.5) is 16.2 Å². The van der Waals surface area contributed by atoms with Crippen LogP contribution in [0.5, 0.6) is 5.75 Å². The first-order valence-corrected chi connectivity index (χ1v) is 6.44. The lowest BCUT2D eigenvalue weighted by atomic mass is 10.0. The van der Waals surface area contributed by atoms with Crippen molar-refractivity contribution in [3.63, 3.8) is 0 Å². The third-order valence-corrected chi connectivity index (χ3v) is 3.70. The fourth-order valence-electron chi connectivity index (χ4n) is 2.75. The molecule has 3 rings (SSSR count). The third-order valence-electron chi connectivity index (χ3n) is 3.70. The SMILES string of the molecule is CN1C(=O)C2CNCCN2c2ccc(OC(N)=O)cc21. The summed E-state index contributed by atoms with van der Waals surface area (Å²) in [4.78, 5) is 26.9. The van der Waals surface area contributed by atoms with Crippen LogP contribution >= 0.6 is 0 Å². The molecule has 20 heavy (non-hydrogen) atoms. The number of piperazine rings is 1. The fraction of sp³-hybridized carbons (Fsp3) is 0.385. The molecule has 1 aromatic rings. The summed E-state index contributed by atoms with van der Waals surface area (Å²) in [5.41, 5.74) is 6.70. The molecule has 2 aliphatic heterocycles. The molecule has 0 aromatic heterocycles. The van der Waals surface area contributed by atoms with Crippen molar-refractivity contribution in [1.82, 2.24) is 5.32 Å². The van der Waals surface area contributed by atoms with Crippen molar-refractivity contribution in [2.75, 3.05) is 36.5 Å². The lowest BCUT2D eigenvalue weighted by Crippen LogP contribution is -2.61. The maximum Gasteiger partial charge on any atom is 0.409 e. The number of nitrogens with two attached hydrogens (primary N) is 1.